The number of alkyl halides is 4. The first kappa shape index (κ1) is 26.2. The molecular formula is C21H18F5N5O3. The number of halogens is 5. The zero-order valence-electron chi connectivity index (χ0n) is 18.1. The van der Waals surface area contributed by atoms with Crippen LogP contribution in [-0.2, 0) is 17.3 Å². The lowest BCUT2D eigenvalue weighted by molar-refractivity contribution is -0.109. The van der Waals surface area contributed by atoms with Gasteiger partial charge in [-0.05, 0) is 25.1 Å². The molecule has 2 aromatic rings. The molecule has 1 aromatic carbocycles. The summed E-state index contributed by atoms with van der Waals surface area (Å²) in [5.74, 6) is -9.95. The van der Waals surface area contributed by atoms with Gasteiger partial charge in [0.1, 0.15) is 11.8 Å². The summed E-state index contributed by atoms with van der Waals surface area (Å²) in [6.45, 7) is 1.91. The number of aromatic nitrogens is 2. The Balaban J connectivity index is 2.56. The third kappa shape index (κ3) is 6.25. The van der Waals surface area contributed by atoms with E-state index in [0.29, 0.717) is 13.8 Å². The van der Waals surface area contributed by atoms with Crippen molar-refractivity contribution in [2.75, 3.05) is 0 Å². The van der Waals surface area contributed by atoms with Gasteiger partial charge in [0.25, 0.3) is 17.4 Å². The van der Waals surface area contributed by atoms with Crippen LogP contribution in [0.2, 0.25) is 0 Å². The molecule has 0 aliphatic rings. The summed E-state index contributed by atoms with van der Waals surface area (Å²) in [6.07, 6.45) is 1.73. The lowest BCUT2D eigenvalue weighted by Crippen LogP contribution is -2.28. The van der Waals surface area contributed by atoms with Crippen LogP contribution in [0.15, 0.2) is 46.1 Å². The van der Waals surface area contributed by atoms with Gasteiger partial charge >= 0.3 is 0 Å². The maximum Gasteiger partial charge on any atom is 0.297 e. The topological polar surface area (TPSA) is 109 Å². The number of allylic oxidation sites excluding steroid dienone is 2. The maximum absolute atomic E-state index is 14.4. The number of hydrazone groups is 1. The van der Waals surface area contributed by atoms with Crippen molar-refractivity contribution in [1.82, 2.24) is 15.0 Å². The average molecular weight is 483 g/mol. The molecule has 1 heterocycles. The number of amides is 1. The highest BCUT2D eigenvalue weighted by Crippen LogP contribution is 2.34. The third-order valence-corrected chi connectivity index (χ3v) is 4.20. The fourth-order valence-corrected chi connectivity index (χ4v) is 2.67. The Morgan fingerprint density at radius 2 is 2.00 bits per heavy atom. The second-order valence-electron chi connectivity index (χ2n) is 7.20. The Morgan fingerprint density at radius 1 is 1.32 bits per heavy atom. The minimum absolute atomic E-state index is 0.0804. The fourth-order valence-electron chi connectivity index (χ4n) is 2.67. The summed E-state index contributed by atoms with van der Waals surface area (Å²) >= 11 is 0. The van der Waals surface area contributed by atoms with Crippen LogP contribution in [0.4, 0.5) is 22.0 Å². The van der Waals surface area contributed by atoms with Crippen LogP contribution < -0.4 is 15.7 Å². The molecule has 13 heteroatoms. The number of carbonyl (C=O) groups is 1. The lowest BCUT2D eigenvalue weighted by Gasteiger charge is -2.17. The molecule has 0 spiro atoms. The van der Waals surface area contributed by atoms with Gasteiger partial charge in [-0.3, -0.25) is 14.2 Å². The molecule has 0 bridgehead atoms. The highest BCUT2D eigenvalue weighted by molar-refractivity contribution is 6.00. The number of ether oxygens (including phenoxy) is 1. The predicted molar refractivity (Wildman–Crippen MR) is 110 cm³/mol. The summed E-state index contributed by atoms with van der Waals surface area (Å²) in [4.78, 5) is 26.8. The van der Waals surface area contributed by atoms with Crippen molar-refractivity contribution < 1.29 is 31.5 Å². The molecule has 0 fully saturated rings. The first-order valence-electron chi connectivity index (χ1n) is 9.46. The van der Waals surface area contributed by atoms with Gasteiger partial charge in [0.15, 0.2) is 17.3 Å². The molecule has 1 amide bonds. The third-order valence-electron chi connectivity index (χ3n) is 4.20. The average Bonchev–Trinajstić information content (AvgIpc) is 2.73. The molecule has 8 nitrogen and oxygen atoms in total. The van der Waals surface area contributed by atoms with Crippen molar-refractivity contribution in [2.24, 2.45) is 5.10 Å². The molecule has 0 saturated carbocycles. The number of rotatable bonds is 9. The number of nitriles is 1. The Morgan fingerprint density at radius 3 is 2.56 bits per heavy atom. The van der Waals surface area contributed by atoms with Crippen LogP contribution >= 0.6 is 0 Å². The summed E-state index contributed by atoms with van der Waals surface area (Å²) in [6, 6.07) is 4.93. The number of hydrogen-bond donors (Lipinski definition) is 1. The fraction of sp³-hybridized carbons (Fsp3) is 0.286. The number of hydrogen-bond acceptors (Lipinski definition) is 6. The molecule has 0 radical (unpaired) electrons. The molecule has 2 rings (SSSR count). The first-order chi connectivity index (χ1) is 15.8. The molecule has 0 unspecified atom stereocenters. The van der Waals surface area contributed by atoms with Crippen molar-refractivity contribution in [3.05, 3.63) is 63.6 Å². The van der Waals surface area contributed by atoms with E-state index in [-0.39, 0.29) is 12.0 Å². The van der Waals surface area contributed by atoms with E-state index in [1.165, 1.54) is 13.0 Å². The Kier molecular flexibility index (Phi) is 7.88. The van der Waals surface area contributed by atoms with Gasteiger partial charge in [-0.15, -0.1) is 0 Å². The molecule has 1 N–H and O–H groups in total. The largest absolute Gasteiger partial charge is 0.446 e. The van der Waals surface area contributed by atoms with Crippen LogP contribution in [0, 0.1) is 17.1 Å². The Labute approximate surface area is 190 Å². The molecule has 180 valence electrons. The minimum Gasteiger partial charge on any atom is -0.446 e. The minimum atomic E-state index is -3.66. The predicted octanol–water partition coefficient (Wildman–Crippen LogP) is 3.86. The van der Waals surface area contributed by atoms with Gasteiger partial charge in [-0.1, -0.05) is 11.6 Å². The summed E-state index contributed by atoms with van der Waals surface area (Å²) in [5.41, 5.74) is -1.66. The zero-order chi connectivity index (χ0) is 25.7. The van der Waals surface area contributed by atoms with Crippen molar-refractivity contribution in [1.29, 1.82) is 5.26 Å². The molecular weight excluding hydrogens is 465 g/mol. The maximum atomic E-state index is 14.4. The number of carbonyl (C=O) groups excluding carboxylic acids is 1. The van der Waals surface area contributed by atoms with Crippen LogP contribution in [-0.4, -0.2) is 27.6 Å². The first-order valence-corrected chi connectivity index (χ1v) is 9.46. The van der Waals surface area contributed by atoms with Crippen molar-refractivity contribution in [3.8, 4) is 17.6 Å². The van der Waals surface area contributed by atoms with Gasteiger partial charge in [0, 0.05) is 20.4 Å². The van der Waals surface area contributed by atoms with E-state index >= 15 is 0 Å². The normalized spacial score (nSPS) is 12.8. The van der Waals surface area contributed by atoms with Gasteiger partial charge in [0.2, 0.25) is 12.2 Å². The molecule has 0 atom stereocenters. The highest BCUT2D eigenvalue weighted by Gasteiger charge is 2.34. The van der Waals surface area contributed by atoms with Gasteiger partial charge in [-0.25, -0.2) is 14.8 Å². The molecule has 0 aliphatic carbocycles. The summed E-state index contributed by atoms with van der Waals surface area (Å²) in [7, 11) is 0. The Bertz CT molecular complexity index is 1240. The van der Waals surface area contributed by atoms with E-state index in [2.05, 4.69) is 10.1 Å². The van der Waals surface area contributed by atoms with Crippen LogP contribution in [0.3, 0.4) is 0 Å². The second kappa shape index (κ2) is 10.2. The zero-order valence-corrected chi connectivity index (χ0v) is 18.1. The SMILES string of the molecule is C/C(=C\C(=N/NC=O)C(C)(F)F)Cn1cnc(C(C)(F)F)c(Oc2cccc(C#N)c2F)c1=O. The van der Waals surface area contributed by atoms with E-state index in [0.717, 1.165) is 29.1 Å². The van der Waals surface area contributed by atoms with Gasteiger partial charge in [0.05, 0.1) is 11.9 Å². The van der Waals surface area contributed by atoms with E-state index < -0.39 is 58.2 Å². The quantitative estimate of drug-likeness (QED) is 0.252. The van der Waals surface area contributed by atoms with Gasteiger partial charge in [-0.2, -0.15) is 27.9 Å². The van der Waals surface area contributed by atoms with Crippen molar-refractivity contribution in [2.45, 2.75) is 39.2 Å². The Hall–Kier alpha value is -4.08. The van der Waals surface area contributed by atoms with E-state index in [9.17, 15) is 31.5 Å². The summed E-state index contributed by atoms with van der Waals surface area (Å²) in [5, 5.41) is 12.2. The number of nitrogens with zero attached hydrogens (tertiary/aromatic N) is 4. The van der Waals surface area contributed by atoms with Crippen molar-refractivity contribution in [3.63, 3.8) is 0 Å². The summed E-state index contributed by atoms with van der Waals surface area (Å²) < 4.78 is 75.9. The molecule has 0 saturated heterocycles. The molecule has 0 aliphatic heterocycles. The van der Waals surface area contributed by atoms with Crippen LogP contribution in [0.25, 0.3) is 0 Å². The van der Waals surface area contributed by atoms with Crippen molar-refractivity contribution >= 4 is 12.1 Å². The van der Waals surface area contributed by atoms with E-state index in [4.69, 9.17) is 10.00 Å². The van der Waals surface area contributed by atoms with Crippen LogP contribution in [0.1, 0.15) is 32.0 Å². The van der Waals surface area contributed by atoms with E-state index in [1.54, 1.807) is 11.5 Å². The number of nitrogens with one attached hydrogen (secondary N) is 1. The second-order valence-corrected chi connectivity index (χ2v) is 7.20. The smallest absolute Gasteiger partial charge is 0.297 e. The number of benzene rings is 1. The molecule has 1 aromatic heterocycles. The monoisotopic (exact) mass is 483 g/mol. The van der Waals surface area contributed by atoms with Gasteiger partial charge < -0.3 is 4.74 Å². The standard InChI is InChI=1S/C21H18F5N5O3/c1-12(7-15(20(2,23)24)30-29-11-32)9-31-10-28-18(21(3,25)26)17(19(31)33)34-14-6-4-5-13(8-27)16(14)22/h4-7,10-11H,9H2,1-3H3,(H,29,32)/b12-7+,30-15+. The van der Waals surface area contributed by atoms with E-state index in [1.807, 2.05) is 0 Å². The van der Waals surface area contributed by atoms with Crippen LogP contribution in [0.5, 0.6) is 11.5 Å². The highest BCUT2D eigenvalue weighted by atomic mass is 19.3. The molecule has 34 heavy (non-hydrogen) atoms. The lowest BCUT2D eigenvalue weighted by atomic mass is 10.1.